The first-order valence-electron chi connectivity index (χ1n) is 11.9. The van der Waals surface area contributed by atoms with E-state index in [1.54, 1.807) is 4.90 Å². The summed E-state index contributed by atoms with van der Waals surface area (Å²) in [6, 6.07) is 7.85. The molecule has 1 N–H and O–H groups in total. The Kier molecular flexibility index (Phi) is 7.20. The number of benzene rings is 1. The average Bonchev–Trinajstić information content (AvgIpc) is 3.14. The number of nitrogens with one attached hydrogen (secondary N) is 1. The van der Waals surface area contributed by atoms with Gasteiger partial charge in [0.05, 0.1) is 0 Å². The number of carbonyl (C=O) groups excluding carboxylic acids is 1. The van der Waals surface area contributed by atoms with Gasteiger partial charge in [-0.25, -0.2) is 4.79 Å². The molecule has 7 nitrogen and oxygen atoms in total. The van der Waals surface area contributed by atoms with Crippen LogP contribution in [0.3, 0.4) is 0 Å². The number of piperazine rings is 1. The lowest BCUT2D eigenvalue weighted by atomic mass is 9.80. The number of ether oxygens (including phenoxy) is 2. The molecule has 4 atom stereocenters. The van der Waals surface area contributed by atoms with Crippen molar-refractivity contribution in [2.24, 2.45) is 5.92 Å². The number of amides is 1. The van der Waals surface area contributed by atoms with E-state index in [9.17, 15) is 4.79 Å². The summed E-state index contributed by atoms with van der Waals surface area (Å²) in [7, 11) is 0. The molecule has 0 bridgehead atoms. The maximum atomic E-state index is 12.3. The van der Waals surface area contributed by atoms with Crippen molar-refractivity contribution in [2.75, 3.05) is 26.2 Å². The average molecular weight is 445 g/mol. The summed E-state index contributed by atoms with van der Waals surface area (Å²) in [6.45, 7) is 10.9. The fourth-order valence-electron chi connectivity index (χ4n) is 5.14. The Morgan fingerprint density at radius 2 is 2.06 bits per heavy atom. The third kappa shape index (κ3) is 5.01. The van der Waals surface area contributed by atoms with E-state index in [0.717, 1.165) is 51.6 Å². The van der Waals surface area contributed by atoms with E-state index in [1.165, 1.54) is 5.56 Å². The van der Waals surface area contributed by atoms with Gasteiger partial charge in [-0.05, 0) is 56.2 Å². The number of allylic oxidation sites excluding steroid dienone is 1. The smallest absolute Gasteiger partial charge is 0.410 e. The van der Waals surface area contributed by atoms with Crippen molar-refractivity contribution >= 4 is 6.09 Å². The van der Waals surface area contributed by atoms with Crippen molar-refractivity contribution in [1.29, 1.82) is 0 Å². The van der Waals surface area contributed by atoms with Crippen LogP contribution in [0, 0.1) is 5.92 Å². The SMILES string of the molecule is C=CCC(CC)[C@@]1(C)OO[C@@]2(CCC[C@@H](c3ccc(OC(=O)N4CCNCC4)cc3)C2)O1. The van der Waals surface area contributed by atoms with E-state index in [1.807, 2.05) is 37.3 Å². The van der Waals surface area contributed by atoms with Crippen molar-refractivity contribution in [3.05, 3.63) is 42.5 Å². The minimum absolute atomic E-state index is 0.199. The van der Waals surface area contributed by atoms with Crippen LogP contribution in [0.1, 0.15) is 63.9 Å². The third-order valence-corrected chi connectivity index (χ3v) is 7.03. The minimum atomic E-state index is -0.757. The van der Waals surface area contributed by atoms with Gasteiger partial charge in [-0.1, -0.05) is 25.1 Å². The topological polar surface area (TPSA) is 69.3 Å². The summed E-state index contributed by atoms with van der Waals surface area (Å²) in [4.78, 5) is 25.8. The fourth-order valence-corrected chi connectivity index (χ4v) is 5.14. The molecule has 0 radical (unpaired) electrons. The van der Waals surface area contributed by atoms with E-state index < -0.39 is 11.6 Å². The summed E-state index contributed by atoms with van der Waals surface area (Å²) in [5.41, 5.74) is 1.20. The second-order valence-corrected chi connectivity index (χ2v) is 9.29. The number of hydrogen-bond donors (Lipinski definition) is 1. The molecule has 7 heteroatoms. The molecule has 2 saturated heterocycles. The Labute approximate surface area is 191 Å². The molecule has 1 spiro atoms. The highest BCUT2D eigenvalue weighted by atomic mass is 17.3. The van der Waals surface area contributed by atoms with Crippen molar-refractivity contribution in [3.63, 3.8) is 0 Å². The van der Waals surface area contributed by atoms with E-state index in [4.69, 9.17) is 19.2 Å². The molecule has 32 heavy (non-hydrogen) atoms. The molecule has 1 aromatic carbocycles. The highest BCUT2D eigenvalue weighted by Crippen LogP contribution is 2.50. The van der Waals surface area contributed by atoms with E-state index >= 15 is 0 Å². The highest BCUT2D eigenvalue weighted by molar-refractivity contribution is 5.70. The lowest BCUT2D eigenvalue weighted by Crippen LogP contribution is -2.47. The molecule has 2 aliphatic heterocycles. The fraction of sp³-hybridized carbons (Fsp3) is 0.640. The Hall–Kier alpha value is -1.93. The minimum Gasteiger partial charge on any atom is -0.410 e. The van der Waals surface area contributed by atoms with Gasteiger partial charge in [0, 0.05) is 44.9 Å². The van der Waals surface area contributed by atoms with Crippen LogP contribution < -0.4 is 10.1 Å². The first kappa shape index (κ1) is 23.2. The van der Waals surface area contributed by atoms with Crippen molar-refractivity contribution in [3.8, 4) is 5.75 Å². The monoisotopic (exact) mass is 444 g/mol. The van der Waals surface area contributed by atoms with Crippen LogP contribution in [0.5, 0.6) is 5.75 Å². The lowest BCUT2D eigenvalue weighted by molar-refractivity contribution is -0.359. The second-order valence-electron chi connectivity index (χ2n) is 9.29. The predicted molar refractivity (Wildman–Crippen MR) is 121 cm³/mol. The van der Waals surface area contributed by atoms with E-state index in [2.05, 4.69) is 18.8 Å². The van der Waals surface area contributed by atoms with Gasteiger partial charge in [-0.3, -0.25) is 0 Å². The molecular weight excluding hydrogens is 408 g/mol. The Balaban J connectivity index is 1.38. The zero-order valence-corrected chi connectivity index (χ0v) is 19.3. The predicted octanol–water partition coefficient (Wildman–Crippen LogP) is 4.74. The van der Waals surface area contributed by atoms with Crippen molar-refractivity contribution in [2.45, 2.75) is 69.9 Å². The van der Waals surface area contributed by atoms with Crippen LogP contribution in [0.2, 0.25) is 0 Å². The largest absolute Gasteiger partial charge is 0.415 e. The summed E-state index contributed by atoms with van der Waals surface area (Å²) in [6.07, 6.45) is 7.01. The van der Waals surface area contributed by atoms with Gasteiger partial charge in [-0.15, -0.1) is 6.58 Å². The molecule has 176 valence electrons. The second kappa shape index (κ2) is 9.91. The molecule has 1 unspecified atom stereocenters. The number of rotatable bonds is 6. The highest BCUT2D eigenvalue weighted by Gasteiger charge is 2.55. The Bertz CT molecular complexity index is 794. The molecule has 3 fully saturated rings. The number of carbonyl (C=O) groups is 1. The quantitative estimate of drug-likeness (QED) is 0.505. The van der Waals surface area contributed by atoms with Gasteiger partial charge in [0.2, 0.25) is 11.6 Å². The van der Waals surface area contributed by atoms with E-state index in [-0.39, 0.29) is 12.0 Å². The molecule has 1 aromatic rings. The molecule has 3 aliphatic rings. The summed E-state index contributed by atoms with van der Waals surface area (Å²) < 4.78 is 12.1. The summed E-state index contributed by atoms with van der Waals surface area (Å²) in [5.74, 6) is -0.397. The van der Waals surface area contributed by atoms with Crippen LogP contribution >= 0.6 is 0 Å². The van der Waals surface area contributed by atoms with Gasteiger partial charge in [0.1, 0.15) is 5.75 Å². The van der Waals surface area contributed by atoms with Crippen LogP contribution in [0.25, 0.3) is 0 Å². The number of hydrogen-bond acceptors (Lipinski definition) is 6. The van der Waals surface area contributed by atoms with Gasteiger partial charge in [0.25, 0.3) is 0 Å². The molecule has 1 amide bonds. The number of nitrogens with zero attached hydrogens (tertiary/aromatic N) is 1. The van der Waals surface area contributed by atoms with Gasteiger partial charge < -0.3 is 19.7 Å². The third-order valence-electron chi connectivity index (χ3n) is 7.03. The standard InChI is InChI=1S/C25H36N2O5/c1-4-7-21(5-2)24(3)30-25(32-31-24)13-6-8-20(18-25)19-9-11-22(12-10-19)29-23(28)27-16-14-26-15-17-27/h4,9-12,20-21,26H,1,5-8,13-18H2,2-3H3/t20-,21?,24-,25-/m1/s1. The van der Waals surface area contributed by atoms with Crippen LogP contribution in [0.15, 0.2) is 36.9 Å². The van der Waals surface area contributed by atoms with Crippen molar-refractivity contribution < 1.29 is 24.0 Å². The Morgan fingerprint density at radius 3 is 2.75 bits per heavy atom. The van der Waals surface area contributed by atoms with Crippen molar-refractivity contribution in [1.82, 2.24) is 10.2 Å². The molecule has 1 saturated carbocycles. The molecule has 2 heterocycles. The Morgan fingerprint density at radius 1 is 1.31 bits per heavy atom. The van der Waals surface area contributed by atoms with Gasteiger partial charge >= 0.3 is 6.09 Å². The summed E-state index contributed by atoms with van der Waals surface area (Å²) in [5, 5.41) is 3.24. The first-order valence-corrected chi connectivity index (χ1v) is 11.9. The van der Waals surface area contributed by atoms with Crippen LogP contribution in [0.4, 0.5) is 4.79 Å². The molecule has 4 rings (SSSR count). The molecule has 1 aliphatic carbocycles. The van der Waals surface area contributed by atoms with Gasteiger partial charge in [0.15, 0.2) is 0 Å². The summed E-state index contributed by atoms with van der Waals surface area (Å²) >= 11 is 0. The van der Waals surface area contributed by atoms with E-state index in [0.29, 0.717) is 24.8 Å². The normalized spacial score (nSPS) is 31.4. The molecule has 0 aromatic heterocycles. The maximum absolute atomic E-state index is 12.3. The zero-order valence-electron chi connectivity index (χ0n) is 19.3. The van der Waals surface area contributed by atoms with Crippen LogP contribution in [-0.2, 0) is 14.5 Å². The maximum Gasteiger partial charge on any atom is 0.415 e. The van der Waals surface area contributed by atoms with Gasteiger partial charge in [-0.2, -0.15) is 9.78 Å². The zero-order chi connectivity index (χ0) is 22.6. The molecular formula is C25H36N2O5. The lowest BCUT2D eigenvalue weighted by Gasteiger charge is -2.37. The first-order chi connectivity index (χ1) is 15.5. The van der Waals surface area contributed by atoms with Crippen LogP contribution in [-0.4, -0.2) is 48.7 Å².